The van der Waals surface area contributed by atoms with Crippen LogP contribution in [0.3, 0.4) is 0 Å². The largest absolute Gasteiger partial charge is 0.367 e. The van der Waals surface area contributed by atoms with Gasteiger partial charge < -0.3 is 14.2 Å². The summed E-state index contributed by atoms with van der Waals surface area (Å²) in [6.45, 7) is 7.06. The lowest BCUT2D eigenvalue weighted by Crippen LogP contribution is -2.49. The molecular formula is C25H26ClN5O. The third kappa shape index (κ3) is 3.80. The average Bonchev–Trinajstić information content (AvgIpc) is 3.14. The highest BCUT2D eigenvalue weighted by Crippen LogP contribution is 2.28. The van der Waals surface area contributed by atoms with Crippen molar-refractivity contribution >= 4 is 28.7 Å². The van der Waals surface area contributed by atoms with Gasteiger partial charge in [0.05, 0.1) is 16.4 Å². The molecule has 3 aliphatic heterocycles. The van der Waals surface area contributed by atoms with E-state index in [1.165, 1.54) is 0 Å². The van der Waals surface area contributed by atoms with Crippen molar-refractivity contribution in [2.45, 2.75) is 19.9 Å². The number of piperazine rings is 1. The van der Waals surface area contributed by atoms with Gasteiger partial charge in [-0.05, 0) is 50.8 Å². The van der Waals surface area contributed by atoms with Crippen LogP contribution in [-0.2, 0) is 4.79 Å². The fourth-order valence-corrected chi connectivity index (χ4v) is 4.57. The monoisotopic (exact) mass is 447 g/mol. The molecule has 0 radical (unpaired) electrons. The highest BCUT2D eigenvalue weighted by atomic mass is 35.5. The molecule has 5 rings (SSSR count). The van der Waals surface area contributed by atoms with Crippen LogP contribution in [0.25, 0.3) is 11.2 Å². The Balaban J connectivity index is 1.48. The third-order valence-electron chi connectivity index (χ3n) is 6.31. The van der Waals surface area contributed by atoms with Gasteiger partial charge in [-0.25, -0.2) is 4.98 Å². The lowest BCUT2D eigenvalue weighted by atomic mass is 10.0. The van der Waals surface area contributed by atoms with E-state index < -0.39 is 0 Å². The summed E-state index contributed by atoms with van der Waals surface area (Å²) in [7, 11) is 2.16. The van der Waals surface area contributed by atoms with E-state index >= 15 is 0 Å². The number of aromatic nitrogens is 2. The number of carbonyl (C=O) groups is 1. The van der Waals surface area contributed by atoms with Gasteiger partial charge in [0.25, 0.3) is 5.91 Å². The van der Waals surface area contributed by atoms with E-state index in [4.69, 9.17) is 11.6 Å². The number of rotatable bonds is 2. The fraction of sp³-hybridized carbons (Fsp3) is 0.280. The smallest absolute Gasteiger partial charge is 0.255 e. The Kier molecular flexibility index (Phi) is 5.27. The van der Waals surface area contributed by atoms with Gasteiger partial charge in [-0.2, -0.15) is 0 Å². The molecule has 0 aromatic carbocycles. The summed E-state index contributed by atoms with van der Waals surface area (Å²) in [5.74, 6) is -0.0855. The standard InChI is InChI=1S/C25H26ClN5O/c1-17-13-30-15-20(11-23(26)25(30)27-17)19-5-4-6-21-7-8-22(16-31(21)24(32)12-19)29-10-9-28(3)18(2)14-29/h4-8,11-13,15-16,18H,9-10,14H2,1-3H3/b5-4?,19-12?,21-6+/t18-/m0/s1. The van der Waals surface area contributed by atoms with Gasteiger partial charge in [-0.3, -0.25) is 9.69 Å². The summed E-state index contributed by atoms with van der Waals surface area (Å²) < 4.78 is 1.91. The first-order chi connectivity index (χ1) is 15.4. The minimum Gasteiger partial charge on any atom is -0.367 e. The molecule has 1 fully saturated rings. The number of likely N-dealkylation sites (N-methyl/N-ethyl adjacent to an activating group) is 1. The molecule has 1 saturated heterocycles. The highest BCUT2D eigenvalue weighted by Gasteiger charge is 2.25. The lowest BCUT2D eigenvalue weighted by molar-refractivity contribution is -0.122. The maximum atomic E-state index is 13.3. The summed E-state index contributed by atoms with van der Waals surface area (Å²) in [5.41, 5.74) is 5.20. The minimum atomic E-state index is -0.0855. The second kappa shape index (κ2) is 8.11. The topological polar surface area (TPSA) is 44.1 Å². The van der Waals surface area contributed by atoms with Crippen molar-refractivity contribution in [3.63, 3.8) is 0 Å². The quantitative estimate of drug-likeness (QED) is 0.697. The predicted octanol–water partition coefficient (Wildman–Crippen LogP) is 4.01. The first-order valence-corrected chi connectivity index (χ1v) is 11.2. The number of fused-ring (bicyclic) bond motifs is 2. The van der Waals surface area contributed by atoms with Gasteiger partial charge in [0.2, 0.25) is 0 Å². The maximum absolute atomic E-state index is 13.3. The summed E-state index contributed by atoms with van der Waals surface area (Å²) in [4.78, 5) is 24.2. The molecule has 6 nitrogen and oxygen atoms in total. The van der Waals surface area contributed by atoms with Crippen molar-refractivity contribution in [1.29, 1.82) is 0 Å². The first kappa shape index (κ1) is 20.8. The van der Waals surface area contributed by atoms with Crippen molar-refractivity contribution in [2.75, 3.05) is 26.7 Å². The Hall–Kier alpha value is -3.09. The molecule has 7 heteroatoms. The molecule has 164 valence electrons. The number of imidazole rings is 1. The maximum Gasteiger partial charge on any atom is 0.255 e. The van der Waals surface area contributed by atoms with Crippen LogP contribution in [0.2, 0.25) is 5.02 Å². The van der Waals surface area contributed by atoms with Crippen LogP contribution in [0.1, 0.15) is 18.2 Å². The number of carbonyl (C=O) groups excluding carboxylic acids is 1. The van der Waals surface area contributed by atoms with Crippen LogP contribution < -0.4 is 0 Å². The molecule has 0 bridgehead atoms. The van der Waals surface area contributed by atoms with Gasteiger partial charge in [-0.1, -0.05) is 23.8 Å². The number of halogens is 1. The number of aryl methyl sites for hydroxylation is 1. The van der Waals surface area contributed by atoms with Crippen molar-refractivity contribution < 1.29 is 4.79 Å². The summed E-state index contributed by atoms with van der Waals surface area (Å²) >= 11 is 6.47. The van der Waals surface area contributed by atoms with Crippen LogP contribution in [0.5, 0.6) is 0 Å². The number of nitrogens with zero attached hydrogens (tertiary/aromatic N) is 5. The summed E-state index contributed by atoms with van der Waals surface area (Å²) in [5, 5.41) is 0.558. The molecule has 5 heterocycles. The van der Waals surface area contributed by atoms with Crippen molar-refractivity contribution in [2.24, 2.45) is 0 Å². The van der Waals surface area contributed by atoms with E-state index in [2.05, 4.69) is 34.8 Å². The molecule has 1 atom stereocenters. The normalized spacial score (nSPS) is 23.4. The fourth-order valence-electron chi connectivity index (χ4n) is 4.32. The second-order valence-corrected chi connectivity index (χ2v) is 9.02. The molecule has 0 N–H and O–H groups in total. The summed E-state index contributed by atoms with van der Waals surface area (Å²) in [6, 6.07) is 2.33. The van der Waals surface area contributed by atoms with Crippen molar-refractivity contribution in [3.8, 4) is 0 Å². The first-order valence-electron chi connectivity index (χ1n) is 10.8. The molecule has 0 unspecified atom stereocenters. The molecule has 1 amide bonds. The number of pyridine rings is 1. The second-order valence-electron chi connectivity index (χ2n) is 8.61. The third-order valence-corrected chi connectivity index (χ3v) is 6.59. The van der Waals surface area contributed by atoms with E-state index in [9.17, 15) is 4.79 Å². The van der Waals surface area contributed by atoms with Gasteiger partial charge in [0, 0.05) is 61.6 Å². The minimum absolute atomic E-state index is 0.0855. The van der Waals surface area contributed by atoms with E-state index in [-0.39, 0.29) is 5.91 Å². The molecule has 0 aliphatic carbocycles. The zero-order chi connectivity index (χ0) is 22.4. The van der Waals surface area contributed by atoms with E-state index in [0.29, 0.717) is 16.7 Å². The molecule has 0 saturated carbocycles. The van der Waals surface area contributed by atoms with Crippen molar-refractivity contribution in [1.82, 2.24) is 24.1 Å². The van der Waals surface area contributed by atoms with Crippen LogP contribution >= 0.6 is 11.6 Å². The van der Waals surface area contributed by atoms with Crippen molar-refractivity contribution in [3.05, 3.63) is 88.8 Å². The van der Waals surface area contributed by atoms with E-state index in [0.717, 1.165) is 47.9 Å². The lowest BCUT2D eigenvalue weighted by Gasteiger charge is -2.40. The molecule has 3 aliphatic rings. The van der Waals surface area contributed by atoms with Crippen LogP contribution in [0, 0.1) is 6.92 Å². The van der Waals surface area contributed by atoms with E-state index in [1.807, 2.05) is 60.3 Å². The Morgan fingerprint density at radius 2 is 1.94 bits per heavy atom. The van der Waals surface area contributed by atoms with Crippen LogP contribution in [0.15, 0.2) is 72.5 Å². The zero-order valence-corrected chi connectivity index (χ0v) is 19.3. The SMILES string of the molecule is Cc1cn2cc(C3=CC(=O)N4C=C(N5CCN(C)[C@@H](C)C5)C=C/C4=C\C=C3)cc(Cl)c2n1. The zero-order valence-electron chi connectivity index (χ0n) is 18.5. The van der Waals surface area contributed by atoms with Gasteiger partial charge in [0.1, 0.15) is 0 Å². The Morgan fingerprint density at radius 3 is 2.75 bits per heavy atom. The molecule has 2 aromatic rings. The molecular weight excluding hydrogens is 422 g/mol. The van der Waals surface area contributed by atoms with Gasteiger partial charge in [0.15, 0.2) is 5.65 Å². The number of amides is 1. The molecule has 32 heavy (non-hydrogen) atoms. The number of hydrogen-bond donors (Lipinski definition) is 0. The van der Waals surface area contributed by atoms with Gasteiger partial charge in [-0.15, -0.1) is 0 Å². The predicted molar refractivity (Wildman–Crippen MR) is 128 cm³/mol. The average molecular weight is 448 g/mol. The Labute approximate surface area is 193 Å². The molecule has 0 spiro atoms. The summed E-state index contributed by atoms with van der Waals surface area (Å²) in [6.07, 6.45) is 17.5. The number of allylic oxidation sites excluding steroid dienone is 6. The Bertz CT molecular complexity index is 1250. The van der Waals surface area contributed by atoms with Crippen LogP contribution in [0.4, 0.5) is 0 Å². The molecule has 2 aromatic heterocycles. The van der Waals surface area contributed by atoms with Crippen LogP contribution in [-0.4, -0.2) is 62.7 Å². The van der Waals surface area contributed by atoms with Gasteiger partial charge >= 0.3 is 0 Å². The highest BCUT2D eigenvalue weighted by molar-refractivity contribution is 6.33. The Morgan fingerprint density at radius 1 is 1.12 bits per heavy atom. The number of hydrogen-bond acceptors (Lipinski definition) is 4. The van der Waals surface area contributed by atoms with E-state index in [1.54, 1.807) is 11.0 Å².